The van der Waals surface area contributed by atoms with E-state index in [1.54, 1.807) is 0 Å². The summed E-state index contributed by atoms with van der Waals surface area (Å²) in [6.07, 6.45) is 5.55. The Morgan fingerprint density at radius 1 is 1.56 bits per heavy atom. The van der Waals surface area contributed by atoms with Gasteiger partial charge in [-0.25, -0.2) is 0 Å². The predicted octanol–water partition coefficient (Wildman–Crippen LogP) is 2.27. The van der Waals surface area contributed by atoms with Crippen molar-refractivity contribution >= 4 is 5.97 Å². The molecule has 2 fully saturated rings. The minimum atomic E-state index is -0.707. The van der Waals surface area contributed by atoms with Crippen LogP contribution < -0.4 is 5.73 Å². The molecule has 0 aromatic carbocycles. The number of carboxylic acids is 1. The summed E-state index contributed by atoms with van der Waals surface area (Å²) in [7, 11) is 0. The molecular formula is C13H23NO2. The van der Waals surface area contributed by atoms with Gasteiger partial charge >= 0.3 is 5.97 Å². The van der Waals surface area contributed by atoms with Crippen LogP contribution in [0.1, 0.15) is 33.1 Å². The van der Waals surface area contributed by atoms with Gasteiger partial charge in [0, 0.05) is 0 Å². The number of nitrogens with two attached hydrogens (primary N) is 1. The zero-order valence-electron chi connectivity index (χ0n) is 8.98. The van der Waals surface area contributed by atoms with Gasteiger partial charge in [-0.05, 0) is 49.0 Å². The molecule has 2 saturated carbocycles. The van der Waals surface area contributed by atoms with Crippen molar-refractivity contribution in [3.63, 3.8) is 0 Å². The van der Waals surface area contributed by atoms with Gasteiger partial charge in [0.15, 0.2) is 0 Å². The van der Waals surface area contributed by atoms with E-state index in [4.69, 9.17) is 10.8 Å². The Hall–Kier alpha value is -0.830. The highest BCUT2D eigenvalue weighted by atomic mass is 16.4. The summed E-state index contributed by atoms with van der Waals surface area (Å²) >= 11 is 0. The molecule has 0 saturated heterocycles. The van der Waals surface area contributed by atoms with Crippen LogP contribution in [0.2, 0.25) is 0 Å². The van der Waals surface area contributed by atoms with Crippen LogP contribution in [0, 0.1) is 23.2 Å². The van der Waals surface area contributed by atoms with Gasteiger partial charge in [-0.3, -0.25) is 4.79 Å². The van der Waals surface area contributed by atoms with Crippen molar-refractivity contribution in [2.75, 3.05) is 6.54 Å². The Labute approximate surface area is 97.7 Å². The minimum Gasteiger partial charge on any atom is -0.481 e. The maximum atomic E-state index is 10.8. The molecule has 4 atom stereocenters. The Bertz CT molecular complexity index is 290. The molecule has 3 unspecified atom stereocenters. The van der Waals surface area contributed by atoms with Crippen molar-refractivity contribution in [2.24, 2.45) is 28.9 Å². The van der Waals surface area contributed by atoms with E-state index in [0.29, 0.717) is 24.3 Å². The molecular weight excluding hydrogens is 202 g/mol. The Balaban J connectivity index is 0.00000128. The molecule has 0 amide bonds. The summed E-state index contributed by atoms with van der Waals surface area (Å²) in [5, 5.41) is 8.91. The molecule has 3 nitrogen and oxygen atoms in total. The summed E-state index contributed by atoms with van der Waals surface area (Å²) < 4.78 is 0. The second-order valence-electron chi connectivity index (χ2n) is 5.17. The maximum absolute atomic E-state index is 10.8. The van der Waals surface area contributed by atoms with Crippen LogP contribution >= 0.6 is 0 Å². The monoisotopic (exact) mass is 225 g/mol. The van der Waals surface area contributed by atoms with Gasteiger partial charge in [-0.15, -0.1) is 6.58 Å². The molecule has 0 spiro atoms. The van der Waals surface area contributed by atoms with E-state index in [-0.39, 0.29) is 19.3 Å². The molecule has 0 aromatic rings. The lowest BCUT2D eigenvalue weighted by atomic mass is 9.53. The van der Waals surface area contributed by atoms with Gasteiger partial charge < -0.3 is 10.8 Å². The van der Waals surface area contributed by atoms with Gasteiger partial charge in [0.05, 0.1) is 6.42 Å². The second-order valence-corrected chi connectivity index (χ2v) is 5.17. The first-order chi connectivity index (χ1) is 7.11. The molecule has 0 aromatic heterocycles. The molecule has 0 bridgehead atoms. The van der Waals surface area contributed by atoms with E-state index < -0.39 is 5.97 Å². The first-order valence-electron chi connectivity index (χ1n) is 5.66. The zero-order valence-corrected chi connectivity index (χ0v) is 8.98. The lowest BCUT2D eigenvalue weighted by Crippen LogP contribution is -2.51. The molecule has 92 valence electrons. The number of aliphatic carboxylic acids is 1. The van der Waals surface area contributed by atoms with E-state index in [1.165, 1.54) is 6.42 Å². The highest BCUT2D eigenvalue weighted by Crippen LogP contribution is 2.61. The predicted molar refractivity (Wildman–Crippen MR) is 65.0 cm³/mol. The molecule has 0 aliphatic heterocycles. The number of fused-ring (bicyclic) bond motifs is 1. The third kappa shape index (κ3) is 1.88. The van der Waals surface area contributed by atoms with Crippen LogP contribution in [0.4, 0.5) is 0 Å². The lowest BCUT2D eigenvalue weighted by molar-refractivity contribution is -0.145. The van der Waals surface area contributed by atoms with Gasteiger partial charge in [-0.2, -0.15) is 0 Å². The third-order valence-corrected chi connectivity index (χ3v) is 4.43. The van der Waals surface area contributed by atoms with Crippen molar-refractivity contribution in [1.82, 2.24) is 0 Å². The van der Waals surface area contributed by atoms with Crippen molar-refractivity contribution in [1.29, 1.82) is 0 Å². The molecule has 0 heterocycles. The number of hydrogen-bond donors (Lipinski definition) is 2. The highest BCUT2D eigenvalue weighted by Gasteiger charge is 2.56. The second kappa shape index (κ2) is 4.58. The summed E-state index contributed by atoms with van der Waals surface area (Å²) in [5.74, 6) is 1.11. The van der Waals surface area contributed by atoms with Gasteiger partial charge in [-0.1, -0.05) is 13.5 Å². The smallest absolute Gasteiger partial charge is 0.303 e. The fraction of sp³-hybridized carbons (Fsp3) is 0.769. The van der Waals surface area contributed by atoms with Crippen LogP contribution in [-0.2, 0) is 4.79 Å². The fourth-order valence-corrected chi connectivity index (χ4v) is 3.66. The largest absolute Gasteiger partial charge is 0.481 e. The first kappa shape index (κ1) is 13.2. The fourth-order valence-electron chi connectivity index (χ4n) is 3.66. The van der Waals surface area contributed by atoms with E-state index in [9.17, 15) is 4.79 Å². The molecule has 2 rings (SSSR count). The van der Waals surface area contributed by atoms with Crippen LogP contribution in [0.25, 0.3) is 0 Å². The normalized spacial score (nSPS) is 40.4. The highest BCUT2D eigenvalue weighted by molar-refractivity contribution is 5.68. The lowest BCUT2D eigenvalue weighted by Gasteiger charge is -2.51. The summed E-state index contributed by atoms with van der Waals surface area (Å²) in [5.41, 5.74) is 5.67. The first-order valence-corrected chi connectivity index (χ1v) is 5.66. The zero-order chi connectivity index (χ0) is 11.1. The molecule has 3 N–H and O–H groups in total. The van der Waals surface area contributed by atoms with Crippen LogP contribution in [-0.4, -0.2) is 17.6 Å². The van der Waals surface area contributed by atoms with Gasteiger partial charge in [0.2, 0.25) is 0 Å². The SMILES string of the molecule is C.C=CC1CC2C[C@](CN)(CC(=O)O)C2C1. The van der Waals surface area contributed by atoms with Crippen molar-refractivity contribution in [2.45, 2.75) is 33.1 Å². The Morgan fingerprint density at radius 3 is 2.75 bits per heavy atom. The molecule has 2 aliphatic carbocycles. The maximum Gasteiger partial charge on any atom is 0.303 e. The molecule has 16 heavy (non-hydrogen) atoms. The molecule has 3 heteroatoms. The van der Waals surface area contributed by atoms with E-state index >= 15 is 0 Å². The summed E-state index contributed by atoms with van der Waals surface area (Å²) in [4.78, 5) is 10.8. The topological polar surface area (TPSA) is 63.3 Å². The average molecular weight is 225 g/mol. The van der Waals surface area contributed by atoms with Crippen LogP contribution in [0.15, 0.2) is 12.7 Å². The molecule has 2 aliphatic rings. The Kier molecular flexibility index (Phi) is 3.79. The van der Waals surface area contributed by atoms with E-state index in [0.717, 1.165) is 12.8 Å². The average Bonchev–Trinajstić information content (AvgIpc) is 2.53. The third-order valence-electron chi connectivity index (χ3n) is 4.43. The number of carboxylic acid groups (broad SMARTS) is 1. The molecule has 0 radical (unpaired) electrons. The van der Waals surface area contributed by atoms with Gasteiger partial charge in [0.25, 0.3) is 0 Å². The number of allylic oxidation sites excluding steroid dienone is 1. The Morgan fingerprint density at radius 2 is 2.25 bits per heavy atom. The van der Waals surface area contributed by atoms with Crippen molar-refractivity contribution < 1.29 is 9.90 Å². The number of rotatable bonds is 4. The van der Waals surface area contributed by atoms with Crippen LogP contribution in [0.5, 0.6) is 0 Å². The number of carbonyl (C=O) groups is 1. The van der Waals surface area contributed by atoms with Crippen molar-refractivity contribution in [3.05, 3.63) is 12.7 Å². The summed E-state index contributed by atoms with van der Waals surface area (Å²) in [6, 6.07) is 0. The quantitative estimate of drug-likeness (QED) is 0.721. The van der Waals surface area contributed by atoms with Crippen molar-refractivity contribution in [3.8, 4) is 0 Å². The van der Waals surface area contributed by atoms with Gasteiger partial charge in [0.1, 0.15) is 0 Å². The number of hydrogen-bond acceptors (Lipinski definition) is 2. The minimum absolute atomic E-state index is 0. The van der Waals surface area contributed by atoms with E-state index in [2.05, 4.69) is 6.58 Å². The summed E-state index contributed by atoms with van der Waals surface area (Å²) in [6.45, 7) is 4.34. The standard InChI is InChI=1S/C12H19NO2.CH4/c1-2-8-3-9-5-12(7-13,6-11(14)15)10(9)4-8;/h2,8-10H,1,3-7,13H2,(H,14,15);1H4/t8?,9?,10?,12-;/m1./s1. The van der Waals surface area contributed by atoms with Crippen LogP contribution in [0.3, 0.4) is 0 Å². The van der Waals surface area contributed by atoms with E-state index in [1.807, 2.05) is 6.08 Å².